The first-order valence-electron chi connectivity index (χ1n) is 6.27. The zero-order valence-corrected chi connectivity index (χ0v) is 11.8. The number of piperidine rings is 1. The average molecular weight is 264 g/mol. The summed E-state index contributed by atoms with van der Waals surface area (Å²) in [7, 11) is -3.40. The third kappa shape index (κ3) is 3.64. The first-order chi connectivity index (χ1) is 7.89. The molecule has 0 amide bonds. The van der Waals surface area contributed by atoms with Gasteiger partial charge in [0.15, 0.2) is 0 Å². The van der Waals surface area contributed by atoms with E-state index in [0.29, 0.717) is 19.0 Å². The molecular formula is C11H24N2O3S. The van der Waals surface area contributed by atoms with Gasteiger partial charge in [-0.1, -0.05) is 6.92 Å². The lowest BCUT2D eigenvalue weighted by atomic mass is 10.0. The summed E-state index contributed by atoms with van der Waals surface area (Å²) in [6.07, 6.45) is 1.84. The van der Waals surface area contributed by atoms with Crippen molar-refractivity contribution in [3.05, 3.63) is 0 Å². The van der Waals surface area contributed by atoms with Gasteiger partial charge >= 0.3 is 0 Å². The monoisotopic (exact) mass is 264 g/mol. The van der Waals surface area contributed by atoms with E-state index in [1.165, 1.54) is 4.31 Å². The van der Waals surface area contributed by atoms with Crippen LogP contribution < -0.4 is 0 Å². The Kier molecular flexibility index (Phi) is 5.37. The maximum Gasteiger partial charge on any atom is 0.282 e. The SMILES string of the molecule is CC1CCN(S(=O)(=O)N(CCO)C(C)C)CC1. The van der Waals surface area contributed by atoms with Gasteiger partial charge in [-0.05, 0) is 32.6 Å². The van der Waals surface area contributed by atoms with E-state index in [2.05, 4.69) is 6.92 Å². The van der Waals surface area contributed by atoms with Crippen molar-refractivity contribution in [3.63, 3.8) is 0 Å². The lowest BCUT2D eigenvalue weighted by Gasteiger charge is -2.35. The van der Waals surface area contributed by atoms with E-state index in [4.69, 9.17) is 5.11 Å². The Morgan fingerprint density at radius 2 is 1.88 bits per heavy atom. The van der Waals surface area contributed by atoms with Crippen LogP contribution in [0.1, 0.15) is 33.6 Å². The molecule has 6 heteroatoms. The van der Waals surface area contributed by atoms with Gasteiger partial charge in [-0.25, -0.2) is 0 Å². The summed E-state index contributed by atoms with van der Waals surface area (Å²) < 4.78 is 27.7. The second kappa shape index (κ2) is 6.13. The highest BCUT2D eigenvalue weighted by atomic mass is 32.2. The van der Waals surface area contributed by atoms with Gasteiger partial charge in [0.2, 0.25) is 0 Å². The van der Waals surface area contributed by atoms with E-state index >= 15 is 0 Å². The summed E-state index contributed by atoms with van der Waals surface area (Å²) in [4.78, 5) is 0. The minimum atomic E-state index is -3.40. The van der Waals surface area contributed by atoms with Crippen LogP contribution in [0.3, 0.4) is 0 Å². The van der Waals surface area contributed by atoms with Gasteiger partial charge in [-0.3, -0.25) is 0 Å². The summed E-state index contributed by atoms with van der Waals surface area (Å²) >= 11 is 0. The first kappa shape index (κ1) is 14.9. The molecule has 1 aliphatic heterocycles. The molecule has 1 saturated heterocycles. The highest BCUT2D eigenvalue weighted by Gasteiger charge is 2.33. The van der Waals surface area contributed by atoms with Crippen molar-refractivity contribution in [1.82, 2.24) is 8.61 Å². The van der Waals surface area contributed by atoms with Gasteiger partial charge in [0, 0.05) is 25.7 Å². The fourth-order valence-electron chi connectivity index (χ4n) is 2.10. The van der Waals surface area contributed by atoms with Crippen molar-refractivity contribution in [1.29, 1.82) is 0 Å². The number of rotatable bonds is 5. The fraction of sp³-hybridized carbons (Fsp3) is 1.00. The Balaban J connectivity index is 2.77. The Labute approximate surface area is 105 Å². The third-order valence-corrected chi connectivity index (χ3v) is 5.48. The molecule has 0 spiro atoms. The van der Waals surface area contributed by atoms with Gasteiger partial charge in [-0.2, -0.15) is 17.0 Å². The van der Waals surface area contributed by atoms with Crippen molar-refractivity contribution < 1.29 is 13.5 Å². The largest absolute Gasteiger partial charge is 0.395 e. The molecule has 102 valence electrons. The van der Waals surface area contributed by atoms with Crippen LogP contribution in [0.25, 0.3) is 0 Å². The van der Waals surface area contributed by atoms with Gasteiger partial charge in [-0.15, -0.1) is 0 Å². The van der Waals surface area contributed by atoms with Crippen LogP contribution in [0.2, 0.25) is 0 Å². The number of hydrogen-bond acceptors (Lipinski definition) is 3. The van der Waals surface area contributed by atoms with Gasteiger partial charge in [0.05, 0.1) is 6.61 Å². The number of nitrogens with zero attached hydrogens (tertiary/aromatic N) is 2. The molecule has 0 aromatic carbocycles. The summed E-state index contributed by atoms with van der Waals surface area (Å²) in [6, 6.07) is -0.119. The average Bonchev–Trinajstić information content (AvgIpc) is 2.25. The maximum absolute atomic E-state index is 12.4. The first-order valence-corrected chi connectivity index (χ1v) is 7.67. The molecule has 0 unspecified atom stereocenters. The van der Waals surface area contributed by atoms with E-state index in [1.807, 2.05) is 13.8 Å². The van der Waals surface area contributed by atoms with Crippen LogP contribution in [-0.2, 0) is 10.2 Å². The molecule has 0 radical (unpaired) electrons. The van der Waals surface area contributed by atoms with E-state index in [-0.39, 0.29) is 19.2 Å². The minimum Gasteiger partial charge on any atom is -0.395 e. The molecule has 1 fully saturated rings. The smallest absolute Gasteiger partial charge is 0.282 e. The molecule has 0 saturated carbocycles. The van der Waals surface area contributed by atoms with Crippen molar-refractivity contribution in [2.75, 3.05) is 26.2 Å². The number of aliphatic hydroxyl groups excluding tert-OH is 1. The molecule has 17 heavy (non-hydrogen) atoms. The summed E-state index contributed by atoms with van der Waals surface area (Å²) in [5.41, 5.74) is 0. The van der Waals surface area contributed by atoms with Crippen LogP contribution in [-0.4, -0.2) is 54.4 Å². The summed E-state index contributed by atoms with van der Waals surface area (Å²) in [6.45, 7) is 7.04. The molecule has 1 rings (SSSR count). The van der Waals surface area contributed by atoms with Crippen molar-refractivity contribution in [2.45, 2.75) is 39.7 Å². The topological polar surface area (TPSA) is 60.9 Å². The molecule has 0 aromatic heterocycles. The molecule has 1 N–H and O–H groups in total. The highest BCUT2D eigenvalue weighted by Crippen LogP contribution is 2.21. The second-order valence-electron chi connectivity index (χ2n) is 5.02. The quantitative estimate of drug-likeness (QED) is 0.794. The maximum atomic E-state index is 12.4. The molecular weight excluding hydrogens is 240 g/mol. The highest BCUT2D eigenvalue weighted by molar-refractivity contribution is 7.86. The van der Waals surface area contributed by atoms with Crippen molar-refractivity contribution in [2.24, 2.45) is 5.92 Å². The van der Waals surface area contributed by atoms with Gasteiger partial charge in [0.1, 0.15) is 0 Å². The van der Waals surface area contributed by atoms with Crippen molar-refractivity contribution in [3.8, 4) is 0 Å². The van der Waals surface area contributed by atoms with E-state index < -0.39 is 10.2 Å². The van der Waals surface area contributed by atoms with Crippen LogP contribution >= 0.6 is 0 Å². The van der Waals surface area contributed by atoms with Gasteiger partial charge < -0.3 is 5.11 Å². The normalized spacial score (nSPS) is 20.4. The predicted octanol–water partition coefficient (Wildman–Crippen LogP) is 0.666. The van der Waals surface area contributed by atoms with Crippen molar-refractivity contribution >= 4 is 10.2 Å². The molecule has 0 bridgehead atoms. The molecule has 1 heterocycles. The van der Waals surface area contributed by atoms with Crippen LogP contribution in [0.15, 0.2) is 0 Å². The van der Waals surface area contributed by atoms with E-state index in [9.17, 15) is 8.42 Å². The zero-order valence-electron chi connectivity index (χ0n) is 11.0. The zero-order chi connectivity index (χ0) is 13.1. The van der Waals surface area contributed by atoms with Crippen LogP contribution in [0, 0.1) is 5.92 Å². The second-order valence-corrected chi connectivity index (χ2v) is 6.90. The Morgan fingerprint density at radius 3 is 2.29 bits per heavy atom. The summed E-state index contributed by atoms with van der Waals surface area (Å²) in [5.74, 6) is 0.604. The number of aliphatic hydroxyl groups is 1. The van der Waals surface area contributed by atoms with Crippen LogP contribution in [0.5, 0.6) is 0 Å². The molecule has 5 nitrogen and oxygen atoms in total. The Hall–Kier alpha value is -0.170. The standard InChI is InChI=1S/C11H24N2O3S/c1-10(2)13(8-9-14)17(15,16)12-6-4-11(3)5-7-12/h10-11,14H,4-9H2,1-3H3. The number of hydrogen-bond donors (Lipinski definition) is 1. The minimum absolute atomic E-state index is 0.119. The lowest BCUT2D eigenvalue weighted by molar-refractivity contribution is 0.213. The van der Waals surface area contributed by atoms with E-state index in [0.717, 1.165) is 12.8 Å². The fourth-order valence-corrected chi connectivity index (χ4v) is 3.92. The Morgan fingerprint density at radius 1 is 1.35 bits per heavy atom. The van der Waals surface area contributed by atoms with E-state index in [1.54, 1.807) is 4.31 Å². The third-order valence-electron chi connectivity index (χ3n) is 3.26. The summed E-state index contributed by atoms with van der Waals surface area (Å²) in [5, 5.41) is 8.96. The lowest BCUT2D eigenvalue weighted by Crippen LogP contribution is -2.50. The molecule has 0 aliphatic carbocycles. The van der Waals surface area contributed by atoms with Crippen LogP contribution in [0.4, 0.5) is 0 Å². The predicted molar refractivity (Wildman–Crippen MR) is 67.8 cm³/mol. The Bertz CT molecular complexity index is 322. The molecule has 0 aromatic rings. The molecule has 0 atom stereocenters. The molecule has 1 aliphatic rings. The van der Waals surface area contributed by atoms with Gasteiger partial charge in [0.25, 0.3) is 10.2 Å².